The van der Waals surface area contributed by atoms with Crippen LogP contribution in [0.2, 0.25) is 0 Å². The molecule has 0 aliphatic heterocycles. The summed E-state index contributed by atoms with van der Waals surface area (Å²) in [7, 11) is 1.89. The quantitative estimate of drug-likeness (QED) is 0.656. The molecule has 0 saturated carbocycles. The van der Waals surface area contributed by atoms with E-state index < -0.39 is 0 Å². The normalized spacial score (nSPS) is 10.9. The molecule has 0 radical (unpaired) electrons. The average Bonchev–Trinajstić information content (AvgIpc) is 3.18. The van der Waals surface area contributed by atoms with Crippen molar-refractivity contribution in [3.05, 3.63) is 52.5 Å². The van der Waals surface area contributed by atoms with E-state index in [0.717, 1.165) is 39.5 Å². The summed E-state index contributed by atoms with van der Waals surface area (Å²) < 4.78 is 7.62. The Balaban J connectivity index is 1.59. The molecule has 142 valence electrons. The Hall–Kier alpha value is -3.09. The summed E-state index contributed by atoms with van der Waals surface area (Å²) in [6.45, 7) is 8.74. The van der Waals surface area contributed by atoms with Gasteiger partial charge in [0, 0.05) is 18.3 Å². The summed E-state index contributed by atoms with van der Waals surface area (Å²) in [4.78, 5) is 12.4. The van der Waals surface area contributed by atoms with E-state index in [1.807, 2.05) is 57.6 Å². The number of aromatic nitrogens is 4. The number of ether oxygens (including phenoxy) is 1. The van der Waals surface area contributed by atoms with Gasteiger partial charge in [0.05, 0.1) is 17.9 Å². The smallest absolute Gasteiger partial charge is 0.269 e. The van der Waals surface area contributed by atoms with Crippen LogP contribution in [0.1, 0.15) is 33.0 Å². The lowest BCUT2D eigenvalue weighted by atomic mass is 10.1. The Morgan fingerprint density at radius 3 is 2.56 bits per heavy atom. The van der Waals surface area contributed by atoms with E-state index in [9.17, 15) is 4.79 Å². The maximum atomic E-state index is 12.4. The Morgan fingerprint density at radius 2 is 1.93 bits per heavy atom. The number of benzene rings is 1. The van der Waals surface area contributed by atoms with Gasteiger partial charge in [-0.25, -0.2) is 0 Å². The lowest BCUT2D eigenvalue weighted by molar-refractivity contribution is 0.0942. The first-order chi connectivity index (χ1) is 12.9. The van der Waals surface area contributed by atoms with Crippen LogP contribution in [0.25, 0.3) is 11.3 Å². The highest BCUT2D eigenvalue weighted by molar-refractivity contribution is 5.93. The topological polar surface area (TPSA) is 84.8 Å². The molecule has 0 atom stereocenters. The largest absolute Gasteiger partial charge is 0.491 e. The van der Waals surface area contributed by atoms with Crippen LogP contribution in [0, 0.1) is 27.7 Å². The lowest BCUT2D eigenvalue weighted by Gasteiger charge is -2.12. The number of para-hydroxylation sites is 1. The number of aryl methyl sites for hydroxylation is 4. The van der Waals surface area contributed by atoms with Crippen LogP contribution in [0.4, 0.5) is 0 Å². The number of nitrogens with one attached hydrogen (secondary N) is 2. The van der Waals surface area contributed by atoms with Crippen molar-refractivity contribution in [1.29, 1.82) is 0 Å². The van der Waals surface area contributed by atoms with Gasteiger partial charge in [-0.15, -0.1) is 0 Å². The predicted octanol–water partition coefficient (Wildman–Crippen LogP) is 2.85. The van der Waals surface area contributed by atoms with Crippen molar-refractivity contribution in [2.75, 3.05) is 13.2 Å². The zero-order valence-electron chi connectivity index (χ0n) is 16.4. The highest BCUT2D eigenvalue weighted by Gasteiger charge is 2.17. The molecular weight excluding hydrogens is 342 g/mol. The second-order valence-corrected chi connectivity index (χ2v) is 6.66. The minimum absolute atomic E-state index is 0.210. The molecule has 0 spiro atoms. The van der Waals surface area contributed by atoms with Crippen molar-refractivity contribution >= 4 is 5.91 Å². The number of hydrogen-bond acceptors (Lipinski definition) is 4. The summed E-state index contributed by atoms with van der Waals surface area (Å²) >= 11 is 0. The molecule has 0 saturated heterocycles. The molecule has 2 N–H and O–H groups in total. The Labute approximate surface area is 158 Å². The fourth-order valence-corrected chi connectivity index (χ4v) is 3.15. The number of aromatic amines is 1. The zero-order valence-corrected chi connectivity index (χ0v) is 16.4. The molecule has 27 heavy (non-hydrogen) atoms. The van der Waals surface area contributed by atoms with Gasteiger partial charge in [0.15, 0.2) is 0 Å². The summed E-state index contributed by atoms with van der Waals surface area (Å²) in [5.41, 5.74) is 6.15. The van der Waals surface area contributed by atoms with Crippen molar-refractivity contribution in [3.63, 3.8) is 0 Å². The van der Waals surface area contributed by atoms with E-state index in [1.165, 1.54) is 0 Å². The van der Waals surface area contributed by atoms with E-state index >= 15 is 0 Å². The Morgan fingerprint density at radius 1 is 1.22 bits per heavy atom. The molecule has 0 aliphatic rings. The molecule has 0 bridgehead atoms. The average molecular weight is 367 g/mol. The van der Waals surface area contributed by atoms with Crippen LogP contribution < -0.4 is 10.1 Å². The molecule has 2 heterocycles. The molecule has 1 amide bonds. The van der Waals surface area contributed by atoms with E-state index in [-0.39, 0.29) is 5.91 Å². The van der Waals surface area contributed by atoms with Gasteiger partial charge in [-0.2, -0.15) is 10.2 Å². The molecule has 7 nitrogen and oxygen atoms in total. The molecule has 1 aromatic carbocycles. The summed E-state index contributed by atoms with van der Waals surface area (Å²) in [6, 6.07) is 7.77. The summed E-state index contributed by atoms with van der Waals surface area (Å²) in [5.74, 6) is 0.663. The highest BCUT2D eigenvalue weighted by atomic mass is 16.5. The number of H-pyrrole nitrogens is 1. The number of amides is 1. The molecule has 7 heteroatoms. The number of nitrogens with zero attached hydrogens (tertiary/aromatic N) is 3. The Bertz CT molecular complexity index is 951. The van der Waals surface area contributed by atoms with E-state index in [2.05, 4.69) is 20.6 Å². The van der Waals surface area contributed by atoms with Gasteiger partial charge in [0.2, 0.25) is 0 Å². The van der Waals surface area contributed by atoms with Crippen LogP contribution in [0.3, 0.4) is 0 Å². The Kier molecular flexibility index (Phi) is 5.30. The molecule has 0 fully saturated rings. The minimum Gasteiger partial charge on any atom is -0.491 e. The fraction of sp³-hybridized carbons (Fsp3) is 0.350. The third kappa shape index (κ3) is 3.86. The third-order valence-corrected chi connectivity index (χ3v) is 4.63. The third-order valence-electron chi connectivity index (χ3n) is 4.63. The van der Waals surface area contributed by atoms with Crippen molar-refractivity contribution in [2.24, 2.45) is 7.05 Å². The molecule has 0 unspecified atom stereocenters. The minimum atomic E-state index is -0.210. The van der Waals surface area contributed by atoms with Crippen molar-refractivity contribution in [2.45, 2.75) is 27.7 Å². The van der Waals surface area contributed by atoms with Crippen LogP contribution in [-0.2, 0) is 7.05 Å². The highest BCUT2D eigenvalue weighted by Crippen LogP contribution is 2.25. The van der Waals surface area contributed by atoms with Crippen LogP contribution in [0.15, 0.2) is 24.3 Å². The first-order valence-corrected chi connectivity index (χ1v) is 8.91. The van der Waals surface area contributed by atoms with Gasteiger partial charge < -0.3 is 10.1 Å². The van der Waals surface area contributed by atoms with Gasteiger partial charge >= 0.3 is 0 Å². The zero-order chi connectivity index (χ0) is 19.6. The monoisotopic (exact) mass is 367 g/mol. The van der Waals surface area contributed by atoms with Crippen molar-refractivity contribution < 1.29 is 9.53 Å². The second-order valence-electron chi connectivity index (χ2n) is 6.66. The molecular formula is C20H25N5O2. The number of rotatable bonds is 6. The number of carbonyl (C=O) groups is 1. The van der Waals surface area contributed by atoms with Gasteiger partial charge in [-0.3, -0.25) is 14.6 Å². The van der Waals surface area contributed by atoms with Crippen LogP contribution >= 0.6 is 0 Å². The van der Waals surface area contributed by atoms with Crippen molar-refractivity contribution in [1.82, 2.24) is 25.3 Å². The van der Waals surface area contributed by atoms with E-state index in [0.29, 0.717) is 18.8 Å². The molecule has 2 aromatic heterocycles. The van der Waals surface area contributed by atoms with Gasteiger partial charge in [0.25, 0.3) is 5.91 Å². The van der Waals surface area contributed by atoms with Crippen molar-refractivity contribution in [3.8, 4) is 17.0 Å². The standard InChI is InChI=1S/C20H25N5O2/c1-12-7-6-8-13(2)19(12)27-10-9-21-20(26)17-11-16(22-23-17)18-14(3)24-25(5)15(18)4/h6-8,11H,9-10H2,1-5H3,(H,21,26)(H,22,23). The first-order valence-electron chi connectivity index (χ1n) is 8.91. The lowest BCUT2D eigenvalue weighted by Crippen LogP contribution is -2.28. The summed E-state index contributed by atoms with van der Waals surface area (Å²) in [6.07, 6.45) is 0. The number of carbonyl (C=O) groups excluding carboxylic acids is 1. The predicted molar refractivity (Wildman–Crippen MR) is 104 cm³/mol. The summed E-state index contributed by atoms with van der Waals surface area (Å²) in [5, 5.41) is 14.3. The van der Waals surface area contributed by atoms with Gasteiger partial charge in [-0.1, -0.05) is 18.2 Å². The van der Waals surface area contributed by atoms with Crippen LogP contribution in [-0.4, -0.2) is 39.0 Å². The van der Waals surface area contributed by atoms with Gasteiger partial charge in [-0.05, 0) is 44.9 Å². The maximum absolute atomic E-state index is 12.4. The SMILES string of the molecule is Cc1cccc(C)c1OCCNC(=O)c1cc(-c2c(C)nn(C)c2C)n[nH]1. The second kappa shape index (κ2) is 7.65. The van der Waals surface area contributed by atoms with Gasteiger partial charge in [0.1, 0.15) is 18.1 Å². The first kappa shape index (κ1) is 18.7. The molecule has 3 aromatic rings. The van der Waals surface area contributed by atoms with E-state index in [1.54, 1.807) is 6.07 Å². The van der Waals surface area contributed by atoms with E-state index in [4.69, 9.17) is 4.74 Å². The maximum Gasteiger partial charge on any atom is 0.269 e. The molecule has 3 rings (SSSR count). The molecule has 0 aliphatic carbocycles. The number of hydrogen-bond donors (Lipinski definition) is 2. The fourth-order valence-electron chi connectivity index (χ4n) is 3.15. The van der Waals surface area contributed by atoms with Crippen LogP contribution in [0.5, 0.6) is 5.75 Å².